The number of aromatic hydroxyl groups is 1. The van der Waals surface area contributed by atoms with Gasteiger partial charge in [0.15, 0.2) is 0 Å². The molecular weight excluding hydrogens is 194 g/mol. The Morgan fingerprint density at radius 2 is 2.07 bits per heavy atom. The van der Waals surface area contributed by atoms with Crippen LogP contribution < -0.4 is 5.32 Å². The van der Waals surface area contributed by atoms with Gasteiger partial charge in [-0.1, -0.05) is 12.1 Å². The van der Waals surface area contributed by atoms with Gasteiger partial charge in [0.25, 0.3) is 5.91 Å². The first-order chi connectivity index (χ1) is 7.17. The van der Waals surface area contributed by atoms with Crippen LogP contribution in [0.2, 0.25) is 0 Å². The molecule has 1 aliphatic rings. The lowest BCUT2D eigenvalue weighted by atomic mass is 10.1. The van der Waals surface area contributed by atoms with Crippen molar-refractivity contribution >= 4 is 5.91 Å². The predicted molar refractivity (Wildman–Crippen MR) is 54.6 cm³/mol. The van der Waals surface area contributed by atoms with E-state index in [4.69, 9.17) is 5.11 Å². The van der Waals surface area contributed by atoms with E-state index in [1.807, 2.05) is 0 Å². The second-order valence-electron chi connectivity index (χ2n) is 3.91. The number of phenolic OH excluding ortho intramolecular Hbond substituents is 1. The molecule has 1 aromatic carbocycles. The topological polar surface area (TPSA) is 69.6 Å². The summed E-state index contributed by atoms with van der Waals surface area (Å²) in [7, 11) is 0. The highest BCUT2D eigenvalue weighted by atomic mass is 16.3. The standard InChI is InChI=1S/C11H13NO3/c13-7-11(5-6-11)12-10(15)8-3-1-2-4-9(8)14/h1-4,13-14H,5-7H2,(H,12,15). The van der Waals surface area contributed by atoms with E-state index in [2.05, 4.69) is 5.32 Å². The first-order valence-corrected chi connectivity index (χ1v) is 4.88. The van der Waals surface area contributed by atoms with Crippen molar-refractivity contribution in [3.05, 3.63) is 29.8 Å². The normalized spacial score (nSPS) is 17.1. The Balaban J connectivity index is 2.12. The first-order valence-electron chi connectivity index (χ1n) is 4.88. The Kier molecular flexibility index (Phi) is 2.36. The number of carbonyl (C=O) groups is 1. The number of aliphatic hydroxyl groups is 1. The number of benzene rings is 1. The fourth-order valence-corrected chi connectivity index (χ4v) is 1.45. The average Bonchev–Trinajstić information content (AvgIpc) is 2.99. The van der Waals surface area contributed by atoms with Crippen LogP contribution in [0.1, 0.15) is 23.2 Å². The van der Waals surface area contributed by atoms with Crippen LogP contribution in [0.5, 0.6) is 5.75 Å². The molecule has 0 atom stereocenters. The molecule has 3 N–H and O–H groups in total. The van der Waals surface area contributed by atoms with Crippen LogP contribution in [-0.2, 0) is 0 Å². The van der Waals surface area contributed by atoms with Gasteiger partial charge in [-0.25, -0.2) is 0 Å². The summed E-state index contributed by atoms with van der Waals surface area (Å²) < 4.78 is 0. The van der Waals surface area contributed by atoms with Gasteiger partial charge in [0, 0.05) is 0 Å². The second-order valence-corrected chi connectivity index (χ2v) is 3.91. The van der Waals surface area contributed by atoms with E-state index in [9.17, 15) is 9.90 Å². The number of hydrogen-bond donors (Lipinski definition) is 3. The molecule has 0 bridgehead atoms. The number of phenols is 1. The summed E-state index contributed by atoms with van der Waals surface area (Å²) in [4.78, 5) is 11.7. The second kappa shape index (κ2) is 3.55. The summed E-state index contributed by atoms with van der Waals surface area (Å²) in [5, 5.41) is 21.2. The number of hydrogen-bond acceptors (Lipinski definition) is 3. The minimum Gasteiger partial charge on any atom is -0.507 e. The highest BCUT2D eigenvalue weighted by Crippen LogP contribution is 2.35. The Hall–Kier alpha value is -1.55. The van der Waals surface area contributed by atoms with E-state index in [-0.39, 0.29) is 23.8 Å². The van der Waals surface area contributed by atoms with E-state index in [1.165, 1.54) is 6.07 Å². The highest BCUT2D eigenvalue weighted by molar-refractivity contribution is 5.97. The zero-order chi connectivity index (χ0) is 10.9. The van der Waals surface area contributed by atoms with Gasteiger partial charge in [-0.15, -0.1) is 0 Å². The van der Waals surface area contributed by atoms with Crippen molar-refractivity contribution in [1.29, 1.82) is 0 Å². The first kappa shape index (κ1) is 9.98. The minimum absolute atomic E-state index is 0.0382. The molecule has 0 heterocycles. The molecule has 1 fully saturated rings. The molecule has 80 valence electrons. The molecule has 1 aliphatic carbocycles. The molecule has 1 aromatic rings. The van der Waals surface area contributed by atoms with Gasteiger partial charge in [-0.05, 0) is 25.0 Å². The summed E-state index contributed by atoms with van der Waals surface area (Å²) in [5.41, 5.74) is -0.198. The van der Waals surface area contributed by atoms with Crippen molar-refractivity contribution in [1.82, 2.24) is 5.32 Å². The van der Waals surface area contributed by atoms with Gasteiger partial charge in [0.05, 0.1) is 17.7 Å². The van der Waals surface area contributed by atoms with Crippen LogP contribution in [0, 0.1) is 0 Å². The van der Waals surface area contributed by atoms with Crippen LogP contribution in [0.4, 0.5) is 0 Å². The van der Waals surface area contributed by atoms with E-state index >= 15 is 0 Å². The maximum Gasteiger partial charge on any atom is 0.255 e. The Morgan fingerprint density at radius 3 is 2.60 bits per heavy atom. The number of aliphatic hydroxyl groups excluding tert-OH is 1. The van der Waals surface area contributed by atoms with Crippen LogP contribution in [0.3, 0.4) is 0 Å². The van der Waals surface area contributed by atoms with Crippen molar-refractivity contribution in [2.24, 2.45) is 0 Å². The van der Waals surface area contributed by atoms with Crippen LogP contribution >= 0.6 is 0 Å². The Labute approximate surface area is 87.6 Å². The molecule has 0 aliphatic heterocycles. The number of para-hydroxylation sites is 1. The monoisotopic (exact) mass is 207 g/mol. The van der Waals surface area contributed by atoms with Crippen LogP contribution in [0.25, 0.3) is 0 Å². The van der Waals surface area contributed by atoms with E-state index in [1.54, 1.807) is 18.2 Å². The molecule has 4 heteroatoms. The van der Waals surface area contributed by atoms with Crippen molar-refractivity contribution < 1.29 is 15.0 Å². The molecule has 0 saturated heterocycles. The van der Waals surface area contributed by atoms with Gasteiger partial charge in [-0.3, -0.25) is 4.79 Å². The van der Waals surface area contributed by atoms with Crippen molar-refractivity contribution in [2.75, 3.05) is 6.61 Å². The molecule has 0 aromatic heterocycles. The van der Waals surface area contributed by atoms with Gasteiger partial charge in [-0.2, -0.15) is 0 Å². The summed E-state index contributed by atoms with van der Waals surface area (Å²) >= 11 is 0. The molecule has 2 rings (SSSR count). The predicted octanol–water partition coefficient (Wildman–Crippen LogP) is 0.647. The largest absolute Gasteiger partial charge is 0.507 e. The smallest absolute Gasteiger partial charge is 0.255 e. The third-order valence-corrected chi connectivity index (χ3v) is 2.68. The van der Waals surface area contributed by atoms with Crippen LogP contribution in [0.15, 0.2) is 24.3 Å². The zero-order valence-electron chi connectivity index (χ0n) is 8.23. The molecule has 0 spiro atoms. The summed E-state index contributed by atoms with van der Waals surface area (Å²) in [5.74, 6) is -0.372. The van der Waals surface area contributed by atoms with Gasteiger partial charge < -0.3 is 15.5 Å². The molecule has 1 saturated carbocycles. The van der Waals surface area contributed by atoms with Crippen molar-refractivity contribution in [2.45, 2.75) is 18.4 Å². The number of nitrogens with one attached hydrogen (secondary N) is 1. The third kappa shape index (κ3) is 1.94. The minimum atomic E-state index is -0.445. The fourth-order valence-electron chi connectivity index (χ4n) is 1.45. The molecular formula is C11H13NO3. The van der Waals surface area contributed by atoms with Crippen LogP contribution in [-0.4, -0.2) is 28.3 Å². The van der Waals surface area contributed by atoms with Gasteiger partial charge in [0.2, 0.25) is 0 Å². The van der Waals surface area contributed by atoms with E-state index in [0.717, 1.165) is 12.8 Å². The summed E-state index contributed by atoms with van der Waals surface area (Å²) in [6, 6.07) is 6.36. The average molecular weight is 207 g/mol. The lowest BCUT2D eigenvalue weighted by molar-refractivity contribution is 0.0904. The maximum atomic E-state index is 11.7. The lowest BCUT2D eigenvalue weighted by Gasteiger charge is -2.14. The molecule has 15 heavy (non-hydrogen) atoms. The quantitative estimate of drug-likeness (QED) is 0.681. The lowest BCUT2D eigenvalue weighted by Crippen LogP contribution is -2.39. The van der Waals surface area contributed by atoms with Gasteiger partial charge in [0.1, 0.15) is 5.75 Å². The molecule has 0 radical (unpaired) electrons. The van der Waals surface area contributed by atoms with Gasteiger partial charge >= 0.3 is 0 Å². The molecule has 4 nitrogen and oxygen atoms in total. The zero-order valence-corrected chi connectivity index (χ0v) is 8.23. The van der Waals surface area contributed by atoms with E-state index in [0.29, 0.717) is 0 Å². The molecule has 1 amide bonds. The Morgan fingerprint density at radius 1 is 1.40 bits per heavy atom. The third-order valence-electron chi connectivity index (χ3n) is 2.68. The van der Waals surface area contributed by atoms with Crippen molar-refractivity contribution in [3.63, 3.8) is 0 Å². The number of rotatable bonds is 3. The SMILES string of the molecule is O=C(NC1(CO)CC1)c1ccccc1O. The summed E-state index contributed by atoms with van der Waals surface area (Å²) in [6.07, 6.45) is 1.59. The number of amides is 1. The fraction of sp³-hybridized carbons (Fsp3) is 0.364. The number of carbonyl (C=O) groups excluding carboxylic acids is 1. The van der Waals surface area contributed by atoms with Crippen molar-refractivity contribution in [3.8, 4) is 5.75 Å². The van der Waals surface area contributed by atoms with E-state index < -0.39 is 5.54 Å². The molecule has 0 unspecified atom stereocenters. The maximum absolute atomic E-state index is 11.7. The Bertz CT molecular complexity index is 385. The summed E-state index contributed by atoms with van der Waals surface area (Å²) in [6.45, 7) is -0.0493. The highest BCUT2D eigenvalue weighted by Gasteiger charge is 2.43.